The van der Waals surface area contributed by atoms with Crippen LogP contribution in [0.5, 0.6) is 5.75 Å². The van der Waals surface area contributed by atoms with Gasteiger partial charge in [-0.1, -0.05) is 11.3 Å². The zero-order valence-electron chi connectivity index (χ0n) is 18.6. The number of carbonyl (C=O) groups excluding carboxylic acids is 2. The highest BCUT2D eigenvalue weighted by molar-refractivity contribution is 9.10. The molecule has 2 aliphatic heterocycles. The molecule has 0 saturated carbocycles. The highest BCUT2D eigenvalue weighted by Crippen LogP contribution is 2.37. The second-order valence-electron chi connectivity index (χ2n) is 8.29. The zero-order chi connectivity index (χ0) is 22.7. The van der Waals surface area contributed by atoms with Crippen molar-refractivity contribution in [1.82, 2.24) is 9.88 Å². The van der Waals surface area contributed by atoms with Crippen molar-refractivity contribution in [3.63, 3.8) is 0 Å². The Bertz CT molecular complexity index is 966. The molecule has 0 aliphatic carbocycles. The van der Waals surface area contributed by atoms with Gasteiger partial charge in [-0.05, 0) is 61.5 Å². The molecule has 1 aromatic heterocycles. The van der Waals surface area contributed by atoms with Crippen molar-refractivity contribution in [3.8, 4) is 5.75 Å². The summed E-state index contributed by atoms with van der Waals surface area (Å²) < 4.78 is 12.8. The maximum Gasteiger partial charge on any atom is 0.309 e. The van der Waals surface area contributed by atoms with Crippen molar-refractivity contribution in [2.75, 3.05) is 44.3 Å². The predicted molar refractivity (Wildman–Crippen MR) is 129 cm³/mol. The number of likely N-dealkylation sites (tertiary alicyclic amines) is 1. The first-order valence-corrected chi connectivity index (χ1v) is 13.0. The molecule has 2 aromatic rings. The number of amides is 1. The average molecular weight is 524 g/mol. The fraction of sp³-hybridized carbons (Fsp3) is 0.609. The van der Waals surface area contributed by atoms with Gasteiger partial charge in [0.1, 0.15) is 5.75 Å². The van der Waals surface area contributed by atoms with E-state index in [2.05, 4.69) is 20.8 Å². The number of esters is 1. The summed E-state index contributed by atoms with van der Waals surface area (Å²) in [6.45, 7) is 7.80. The fourth-order valence-corrected chi connectivity index (χ4v) is 5.96. The Morgan fingerprint density at radius 2 is 1.75 bits per heavy atom. The number of nitrogens with zero attached hydrogens (tertiary/aromatic N) is 3. The van der Waals surface area contributed by atoms with E-state index in [0.717, 1.165) is 51.5 Å². The van der Waals surface area contributed by atoms with E-state index in [9.17, 15) is 9.59 Å². The molecule has 4 rings (SSSR count). The molecule has 0 N–H and O–H groups in total. The average Bonchev–Trinajstić information content (AvgIpc) is 3.22. The molecule has 2 saturated heterocycles. The molecule has 2 aliphatic rings. The van der Waals surface area contributed by atoms with Crippen LogP contribution in [0.2, 0.25) is 0 Å². The quantitative estimate of drug-likeness (QED) is 0.520. The maximum absolute atomic E-state index is 13.0. The van der Waals surface area contributed by atoms with Crippen molar-refractivity contribution < 1.29 is 19.1 Å². The molecular formula is C23H30BrN3O4S. The number of hydrogen-bond acceptors (Lipinski definition) is 7. The Labute approximate surface area is 201 Å². The molecule has 0 bridgehead atoms. The number of anilines is 1. The van der Waals surface area contributed by atoms with Crippen LogP contribution in [-0.4, -0.2) is 61.2 Å². The number of benzene rings is 1. The SMILES string of the molecule is CCOC(=O)C1CCN(C(=O)C2CCN(c3nc4cc(Br)c(OCC)cc4s3)CC2)CC1. The monoisotopic (exact) mass is 523 g/mol. The first-order valence-electron chi connectivity index (χ1n) is 11.4. The lowest BCUT2D eigenvalue weighted by atomic mass is 9.92. The van der Waals surface area contributed by atoms with Gasteiger partial charge in [0.05, 0.1) is 33.8 Å². The molecule has 7 nitrogen and oxygen atoms in total. The van der Waals surface area contributed by atoms with Gasteiger partial charge < -0.3 is 19.3 Å². The molecule has 2 fully saturated rings. The van der Waals surface area contributed by atoms with E-state index in [1.807, 2.05) is 30.9 Å². The summed E-state index contributed by atoms with van der Waals surface area (Å²) in [6, 6.07) is 4.05. The van der Waals surface area contributed by atoms with Gasteiger partial charge in [-0.15, -0.1) is 0 Å². The molecular weight excluding hydrogens is 494 g/mol. The molecule has 1 aromatic carbocycles. The number of hydrogen-bond donors (Lipinski definition) is 0. The van der Waals surface area contributed by atoms with Crippen LogP contribution in [0.4, 0.5) is 5.13 Å². The molecule has 0 unspecified atom stereocenters. The van der Waals surface area contributed by atoms with Crippen LogP contribution in [0.3, 0.4) is 0 Å². The van der Waals surface area contributed by atoms with Crippen molar-refractivity contribution >= 4 is 54.5 Å². The van der Waals surface area contributed by atoms with Gasteiger partial charge >= 0.3 is 5.97 Å². The normalized spacial score (nSPS) is 18.2. The van der Waals surface area contributed by atoms with Crippen LogP contribution in [0.25, 0.3) is 10.2 Å². The molecule has 3 heterocycles. The van der Waals surface area contributed by atoms with E-state index in [0.29, 0.717) is 39.1 Å². The van der Waals surface area contributed by atoms with Crippen LogP contribution in [0.15, 0.2) is 16.6 Å². The Hall–Kier alpha value is -1.87. The van der Waals surface area contributed by atoms with Gasteiger partial charge in [0.25, 0.3) is 0 Å². The molecule has 0 spiro atoms. The van der Waals surface area contributed by atoms with E-state index in [4.69, 9.17) is 14.5 Å². The van der Waals surface area contributed by atoms with Gasteiger partial charge in [0.15, 0.2) is 5.13 Å². The zero-order valence-corrected chi connectivity index (χ0v) is 21.0. The number of fused-ring (bicyclic) bond motifs is 1. The summed E-state index contributed by atoms with van der Waals surface area (Å²) in [5.74, 6) is 0.943. The van der Waals surface area contributed by atoms with E-state index in [-0.39, 0.29) is 23.7 Å². The molecule has 32 heavy (non-hydrogen) atoms. The van der Waals surface area contributed by atoms with Crippen LogP contribution < -0.4 is 9.64 Å². The highest BCUT2D eigenvalue weighted by Gasteiger charge is 2.33. The summed E-state index contributed by atoms with van der Waals surface area (Å²) >= 11 is 5.23. The van der Waals surface area contributed by atoms with Gasteiger partial charge in [-0.3, -0.25) is 9.59 Å². The first kappa shape index (κ1) is 23.3. The predicted octanol–water partition coefficient (Wildman–Crippen LogP) is 4.48. The largest absolute Gasteiger partial charge is 0.493 e. The minimum Gasteiger partial charge on any atom is -0.493 e. The van der Waals surface area contributed by atoms with Crippen molar-refractivity contribution in [1.29, 1.82) is 0 Å². The minimum atomic E-state index is -0.121. The number of ether oxygens (including phenoxy) is 2. The van der Waals surface area contributed by atoms with Crippen LogP contribution in [0.1, 0.15) is 39.5 Å². The number of rotatable bonds is 6. The Balaban J connectivity index is 1.32. The molecule has 0 radical (unpaired) electrons. The lowest BCUT2D eigenvalue weighted by Crippen LogP contribution is -2.46. The van der Waals surface area contributed by atoms with Crippen molar-refractivity contribution in [2.45, 2.75) is 39.5 Å². The second-order valence-corrected chi connectivity index (χ2v) is 10.2. The lowest BCUT2D eigenvalue weighted by Gasteiger charge is -2.36. The minimum absolute atomic E-state index is 0.0541. The Morgan fingerprint density at radius 3 is 2.41 bits per heavy atom. The van der Waals surface area contributed by atoms with Gasteiger partial charge in [-0.2, -0.15) is 0 Å². The van der Waals surface area contributed by atoms with Gasteiger partial charge in [0.2, 0.25) is 5.91 Å². The maximum atomic E-state index is 13.0. The van der Waals surface area contributed by atoms with E-state index < -0.39 is 0 Å². The summed E-state index contributed by atoms with van der Waals surface area (Å²) in [5.41, 5.74) is 0.961. The molecule has 0 atom stereocenters. The summed E-state index contributed by atoms with van der Waals surface area (Å²) in [4.78, 5) is 34.0. The number of piperidine rings is 2. The first-order chi connectivity index (χ1) is 15.5. The molecule has 174 valence electrons. The fourth-order valence-electron chi connectivity index (χ4n) is 4.49. The van der Waals surface area contributed by atoms with E-state index >= 15 is 0 Å². The number of halogens is 1. The third kappa shape index (κ3) is 5.03. The summed E-state index contributed by atoms with van der Waals surface area (Å²) in [5, 5.41) is 1.00. The number of thiazole rings is 1. The summed E-state index contributed by atoms with van der Waals surface area (Å²) in [6.07, 6.45) is 3.07. The van der Waals surface area contributed by atoms with E-state index in [1.54, 1.807) is 11.3 Å². The standard InChI is InChI=1S/C23H30BrN3O4S/c1-3-30-19-14-20-18(13-17(19)24)25-23(32-20)27-11-5-15(6-12-27)21(28)26-9-7-16(8-10-26)22(29)31-4-2/h13-16H,3-12H2,1-2H3. The third-order valence-electron chi connectivity index (χ3n) is 6.27. The number of aromatic nitrogens is 1. The van der Waals surface area contributed by atoms with Crippen molar-refractivity contribution in [2.24, 2.45) is 11.8 Å². The van der Waals surface area contributed by atoms with Gasteiger partial charge in [-0.25, -0.2) is 4.98 Å². The lowest BCUT2D eigenvalue weighted by molar-refractivity contribution is -0.151. The topological polar surface area (TPSA) is 72.0 Å². The van der Waals surface area contributed by atoms with E-state index in [1.165, 1.54) is 0 Å². The van der Waals surface area contributed by atoms with Crippen LogP contribution in [-0.2, 0) is 14.3 Å². The second kappa shape index (κ2) is 10.4. The number of carbonyl (C=O) groups is 2. The third-order valence-corrected chi connectivity index (χ3v) is 7.97. The smallest absolute Gasteiger partial charge is 0.309 e. The van der Waals surface area contributed by atoms with Crippen molar-refractivity contribution in [3.05, 3.63) is 16.6 Å². The van der Waals surface area contributed by atoms with Crippen LogP contribution in [0, 0.1) is 11.8 Å². The Kier molecular flexibility index (Phi) is 7.55. The molecule has 9 heteroatoms. The van der Waals surface area contributed by atoms with Crippen LogP contribution >= 0.6 is 27.3 Å². The van der Waals surface area contributed by atoms with Gasteiger partial charge in [0, 0.05) is 38.2 Å². The Morgan fingerprint density at radius 1 is 1.06 bits per heavy atom. The molecule has 1 amide bonds. The highest BCUT2D eigenvalue weighted by atomic mass is 79.9. The summed E-state index contributed by atoms with van der Waals surface area (Å²) in [7, 11) is 0.